The van der Waals surface area contributed by atoms with E-state index >= 15 is 0 Å². The molecule has 0 bridgehead atoms. The van der Waals surface area contributed by atoms with Crippen LogP contribution in [0.4, 0.5) is 0 Å². The van der Waals surface area contributed by atoms with Gasteiger partial charge in [0.2, 0.25) is 0 Å². The molecule has 1 aliphatic rings. The fourth-order valence-corrected chi connectivity index (χ4v) is 3.49. The Hall–Kier alpha value is -2.99. The Labute approximate surface area is 182 Å². The van der Waals surface area contributed by atoms with E-state index < -0.39 is 24.3 Å². The van der Waals surface area contributed by atoms with Gasteiger partial charge in [0.05, 0.1) is 26.4 Å². The van der Waals surface area contributed by atoms with Gasteiger partial charge in [-0.25, -0.2) is 4.79 Å². The van der Waals surface area contributed by atoms with Crippen LogP contribution in [0.1, 0.15) is 16.7 Å². The molecule has 0 aromatic heterocycles. The van der Waals surface area contributed by atoms with Crippen LogP contribution in [0.15, 0.2) is 91.0 Å². The second kappa shape index (κ2) is 10.9. The minimum absolute atomic E-state index is 0.241. The molecule has 4 rings (SSSR count). The molecule has 1 fully saturated rings. The topological polar surface area (TPSA) is 54.0 Å². The van der Waals surface area contributed by atoms with Crippen molar-refractivity contribution >= 4 is 5.97 Å². The second-order valence-corrected chi connectivity index (χ2v) is 7.45. The van der Waals surface area contributed by atoms with Gasteiger partial charge in [0.1, 0.15) is 6.10 Å². The minimum Gasteiger partial charge on any atom is -0.455 e. The third-order valence-electron chi connectivity index (χ3n) is 5.12. The number of esters is 1. The summed E-state index contributed by atoms with van der Waals surface area (Å²) in [5.74, 6) is -0.415. The molecule has 0 radical (unpaired) electrons. The molecule has 0 saturated carbocycles. The van der Waals surface area contributed by atoms with Crippen molar-refractivity contribution in [1.82, 2.24) is 0 Å². The number of hydrogen-bond acceptors (Lipinski definition) is 5. The molecule has 3 atom stereocenters. The average Bonchev–Trinajstić information content (AvgIpc) is 3.12. The van der Waals surface area contributed by atoms with Crippen molar-refractivity contribution in [3.05, 3.63) is 108 Å². The quantitative estimate of drug-likeness (QED) is 0.460. The summed E-state index contributed by atoms with van der Waals surface area (Å²) in [5.41, 5.74) is 3.07. The standard InChI is InChI=1S/C26H26O5/c27-26-25(30-18-22-14-8-3-9-15-22)24(29-17-21-12-6-2-7-13-21)23(31-26)19-28-16-20-10-4-1-5-11-20/h1-15,23-25H,16-19H2/t23-,24+,25-/m1/s1. The van der Waals surface area contributed by atoms with E-state index in [1.165, 1.54) is 0 Å². The smallest absolute Gasteiger partial charge is 0.338 e. The normalized spacial score (nSPS) is 20.5. The zero-order valence-corrected chi connectivity index (χ0v) is 17.3. The van der Waals surface area contributed by atoms with Crippen molar-refractivity contribution < 1.29 is 23.7 Å². The third-order valence-corrected chi connectivity index (χ3v) is 5.12. The van der Waals surface area contributed by atoms with E-state index in [9.17, 15) is 4.79 Å². The molecule has 3 aromatic rings. The molecule has 1 saturated heterocycles. The minimum atomic E-state index is -0.797. The first-order valence-corrected chi connectivity index (χ1v) is 10.4. The predicted octanol–water partition coefficient (Wildman–Crippen LogP) is 4.30. The van der Waals surface area contributed by atoms with Gasteiger partial charge in [0.15, 0.2) is 12.2 Å². The molecule has 0 N–H and O–H groups in total. The van der Waals surface area contributed by atoms with Gasteiger partial charge in [-0.3, -0.25) is 0 Å². The van der Waals surface area contributed by atoms with Crippen LogP contribution in [-0.2, 0) is 43.6 Å². The maximum atomic E-state index is 12.6. The van der Waals surface area contributed by atoms with Gasteiger partial charge in [0, 0.05) is 0 Å². The van der Waals surface area contributed by atoms with Crippen LogP contribution in [0.5, 0.6) is 0 Å². The molecule has 5 heteroatoms. The van der Waals surface area contributed by atoms with Crippen molar-refractivity contribution in [2.45, 2.75) is 38.1 Å². The van der Waals surface area contributed by atoms with Crippen LogP contribution in [0.2, 0.25) is 0 Å². The van der Waals surface area contributed by atoms with Crippen LogP contribution < -0.4 is 0 Å². The summed E-state index contributed by atoms with van der Waals surface area (Å²) >= 11 is 0. The number of carbonyl (C=O) groups excluding carboxylic acids is 1. The molecule has 1 aliphatic heterocycles. The van der Waals surface area contributed by atoms with Gasteiger partial charge in [-0.15, -0.1) is 0 Å². The van der Waals surface area contributed by atoms with Crippen molar-refractivity contribution in [3.63, 3.8) is 0 Å². The van der Waals surface area contributed by atoms with Gasteiger partial charge < -0.3 is 18.9 Å². The van der Waals surface area contributed by atoms with Crippen LogP contribution in [0, 0.1) is 0 Å². The van der Waals surface area contributed by atoms with E-state index in [2.05, 4.69) is 0 Å². The zero-order chi connectivity index (χ0) is 21.3. The van der Waals surface area contributed by atoms with Crippen molar-refractivity contribution in [1.29, 1.82) is 0 Å². The van der Waals surface area contributed by atoms with E-state index in [4.69, 9.17) is 18.9 Å². The molecular formula is C26H26O5. The molecule has 5 nitrogen and oxygen atoms in total. The highest BCUT2D eigenvalue weighted by Gasteiger charge is 2.46. The summed E-state index contributed by atoms with van der Waals surface area (Å²) in [6.45, 7) is 1.35. The maximum Gasteiger partial charge on any atom is 0.338 e. The maximum absolute atomic E-state index is 12.6. The zero-order valence-electron chi connectivity index (χ0n) is 17.3. The molecular weight excluding hydrogens is 392 g/mol. The molecule has 31 heavy (non-hydrogen) atoms. The van der Waals surface area contributed by atoms with E-state index in [1.807, 2.05) is 91.0 Å². The van der Waals surface area contributed by atoms with E-state index in [-0.39, 0.29) is 6.61 Å². The Morgan fingerprint density at radius 1 is 0.645 bits per heavy atom. The lowest BCUT2D eigenvalue weighted by atomic mass is 10.1. The summed E-state index contributed by atoms with van der Waals surface area (Å²) in [6, 6.07) is 29.5. The molecule has 160 valence electrons. The van der Waals surface area contributed by atoms with Crippen molar-refractivity contribution in [2.24, 2.45) is 0 Å². The van der Waals surface area contributed by atoms with Crippen LogP contribution in [-0.4, -0.2) is 30.9 Å². The first-order valence-electron chi connectivity index (χ1n) is 10.4. The van der Waals surface area contributed by atoms with Crippen LogP contribution in [0.25, 0.3) is 0 Å². The van der Waals surface area contributed by atoms with Gasteiger partial charge in [-0.1, -0.05) is 91.0 Å². The number of rotatable bonds is 10. The Morgan fingerprint density at radius 3 is 1.68 bits per heavy atom. The first kappa shape index (κ1) is 21.2. The van der Waals surface area contributed by atoms with Crippen molar-refractivity contribution in [2.75, 3.05) is 6.61 Å². The van der Waals surface area contributed by atoms with Crippen LogP contribution >= 0.6 is 0 Å². The third kappa shape index (κ3) is 6.01. The largest absolute Gasteiger partial charge is 0.455 e. The lowest BCUT2D eigenvalue weighted by molar-refractivity contribution is -0.152. The van der Waals surface area contributed by atoms with Crippen LogP contribution in [0.3, 0.4) is 0 Å². The first-order chi connectivity index (χ1) is 15.3. The predicted molar refractivity (Wildman–Crippen MR) is 116 cm³/mol. The van der Waals surface area contributed by atoms with Gasteiger partial charge in [0.25, 0.3) is 0 Å². The molecule has 0 spiro atoms. The summed E-state index contributed by atoms with van der Waals surface area (Å²) in [4.78, 5) is 12.6. The summed E-state index contributed by atoms with van der Waals surface area (Å²) in [7, 11) is 0. The number of carbonyl (C=O) groups is 1. The molecule has 1 heterocycles. The Kier molecular flexibility index (Phi) is 7.45. The van der Waals surface area contributed by atoms with Gasteiger partial charge >= 0.3 is 5.97 Å². The lowest BCUT2D eigenvalue weighted by Gasteiger charge is -2.22. The highest BCUT2D eigenvalue weighted by molar-refractivity contribution is 5.78. The Bertz CT molecular complexity index is 930. The molecule has 0 amide bonds. The fraction of sp³-hybridized carbons (Fsp3) is 0.269. The van der Waals surface area contributed by atoms with E-state index in [1.54, 1.807) is 0 Å². The second-order valence-electron chi connectivity index (χ2n) is 7.45. The van der Waals surface area contributed by atoms with Gasteiger partial charge in [-0.2, -0.15) is 0 Å². The molecule has 0 unspecified atom stereocenters. The Morgan fingerprint density at radius 2 is 1.13 bits per heavy atom. The Balaban J connectivity index is 1.40. The highest BCUT2D eigenvalue weighted by atomic mass is 16.6. The number of benzene rings is 3. The molecule has 0 aliphatic carbocycles. The van der Waals surface area contributed by atoms with Gasteiger partial charge in [-0.05, 0) is 16.7 Å². The fourth-order valence-electron chi connectivity index (χ4n) is 3.49. The molecule has 3 aromatic carbocycles. The number of cyclic esters (lactones) is 1. The monoisotopic (exact) mass is 418 g/mol. The summed E-state index contributed by atoms with van der Waals surface area (Å²) in [5, 5.41) is 0. The average molecular weight is 418 g/mol. The summed E-state index contributed by atoms with van der Waals surface area (Å²) in [6.07, 6.45) is -1.87. The SMILES string of the molecule is O=C1O[C@H](COCc2ccccc2)[C@H](OCc2ccccc2)[C@H]1OCc1ccccc1. The van der Waals surface area contributed by atoms with E-state index in [0.29, 0.717) is 19.8 Å². The number of hydrogen-bond donors (Lipinski definition) is 0. The summed E-state index contributed by atoms with van der Waals surface area (Å²) < 4.78 is 23.5. The lowest BCUT2D eigenvalue weighted by Crippen LogP contribution is -2.38. The van der Waals surface area contributed by atoms with Crippen molar-refractivity contribution in [3.8, 4) is 0 Å². The van der Waals surface area contributed by atoms with E-state index in [0.717, 1.165) is 16.7 Å². The number of ether oxygens (including phenoxy) is 4. The highest BCUT2D eigenvalue weighted by Crippen LogP contribution is 2.25.